The van der Waals surface area contributed by atoms with E-state index in [9.17, 15) is 0 Å². The zero-order chi connectivity index (χ0) is 11.9. The third kappa shape index (κ3) is 4.10. The van der Waals surface area contributed by atoms with Crippen molar-refractivity contribution in [1.82, 2.24) is 15.2 Å². The number of hydrogen-bond acceptors (Lipinski definition) is 3. The maximum atomic E-state index is 4.06. The molecule has 94 valence electrons. The maximum absolute atomic E-state index is 4.06. The molecule has 1 aromatic heterocycles. The lowest BCUT2D eigenvalue weighted by Crippen LogP contribution is -2.30. The van der Waals surface area contributed by atoms with Gasteiger partial charge in [-0.2, -0.15) is 0 Å². The summed E-state index contributed by atoms with van der Waals surface area (Å²) >= 11 is 0. The lowest BCUT2D eigenvalue weighted by atomic mass is 10.1. The van der Waals surface area contributed by atoms with Crippen molar-refractivity contribution in [3.8, 4) is 0 Å². The van der Waals surface area contributed by atoms with E-state index in [0.717, 1.165) is 19.1 Å². The first-order valence-electron chi connectivity index (χ1n) is 6.73. The largest absolute Gasteiger partial charge is 0.314 e. The van der Waals surface area contributed by atoms with E-state index in [1.165, 1.54) is 37.9 Å². The summed E-state index contributed by atoms with van der Waals surface area (Å²) in [7, 11) is 0. The summed E-state index contributed by atoms with van der Waals surface area (Å²) in [6.07, 6.45) is 7.73. The summed E-state index contributed by atoms with van der Waals surface area (Å²) in [5.41, 5.74) is 1.36. The molecule has 17 heavy (non-hydrogen) atoms. The van der Waals surface area contributed by atoms with Gasteiger partial charge in [-0.15, -0.1) is 0 Å². The second kappa shape index (κ2) is 6.72. The van der Waals surface area contributed by atoms with Crippen molar-refractivity contribution in [2.24, 2.45) is 0 Å². The van der Waals surface area contributed by atoms with Crippen LogP contribution in [0.4, 0.5) is 0 Å². The number of nitrogens with zero attached hydrogens (tertiary/aromatic N) is 2. The number of nitrogens with one attached hydrogen (secondary N) is 1. The highest BCUT2D eigenvalue weighted by molar-refractivity contribution is 5.09. The molecule has 1 saturated heterocycles. The SMILES string of the molecule is CCN(CCC1CCCN1)Cc1ccncc1. The Morgan fingerprint density at radius 2 is 2.24 bits per heavy atom. The van der Waals surface area contributed by atoms with E-state index in [4.69, 9.17) is 0 Å². The molecule has 1 fully saturated rings. The molecular weight excluding hydrogens is 210 g/mol. The van der Waals surface area contributed by atoms with Crippen molar-refractivity contribution in [2.75, 3.05) is 19.6 Å². The second-order valence-electron chi connectivity index (χ2n) is 4.81. The summed E-state index contributed by atoms with van der Waals surface area (Å²) < 4.78 is 0. The van der Waals surface area contributed by atoms with Gasteiger partial charge in [-0.1, -0.05) is 6.92 Å². The van der Waals surface area contributed by atoms with Gasteiger partial charge in [-0.3, -0.25) is 9.88 Å². The van der Waals surface area contributed by atoms with E-state index in [1.807, 2.05) is 12.4 Å². The average Bonchev–Trinajstić information content (AvgIpc) is 2.89. The van der Waals surface area contributed by atoms with Crippen LogP contribution in [0.2, 0.25) is 0 Å². The van der Waals surface area contributed by atoms with Gasteiger partial charge in [0.15, 0.2) is 0 Å². The highest BCUT2D eigenvalue weighted by atomic mass is 15.1. The van der Waals surface area contributed by atoms with Crippen LogP contribution in [-0.2, 0) is 6.54 Å². The lowest BCUT2D eigenvalue weighted by molar-refractivity contribution is 0.264. The van der Waals surface area contributed by atoms with Crippen LogP contribution in [0.25, 0.3) is 0 Å². The minimum atomic E-state index is 0.751. The summed E-state index contributed by atoms with van der Waals surface area (Å²) in [6, 6.07) is 4.97. The van der Waals surface area contributed by atoms with Crippen molar-refractivity contribution in [3.63, 3.8) is 0 Å². The fourth-order valence-corrected chi connectivity index (χ4v) is 2.44. The number of hydrogen-bond donors (Lipinski definition) is 1. The third-order valence-corrected chi connectivity index (χ3v) is 3.56. The molecule has 0 bridgehead atoms. The molecule has 1 unspecified atom stereocenters. The number of pyridine rings is 1. The molecule has 2 heterocycles. The van der Waals surface area contributed by atoms with E-state index in [0.29, 0.717) is 0 Å². The summed E-state index contributed by atoms with van der Waals surface area (Å²) in [6.45, 7) is 6.81. The third-order valence-electron chi connectivity index (χ3n) is 3.56. The molecule has 0 saturated carbocycles. The monoisotopic (exact) mass is 233 g/mol. The first-order chi connectivity index (χ1) is 8.38. The predicted octanol–water partition coefficient (Wildman–Crippen LogP) is 2.05. The van der Waals surface area contributed by atoms with Crippen molar-refractivity contribution in [1.29, 1.82) is 0 Å². The molecule has 1 aliphatic heterocycles. The summed E-state index contributed by atoms with van der Waals surface area (Å²) in [4.78, 5) is 6.57. The fraction of sp³-hybridized carbons (Fsp3) is 0.643. The molecule has 0 radical (unpaired) electrons. The van der Waals surface area contributed by atoms with Crippen LogP contribution in [0, 0.1) is 0 Å². The lowest BCUT2D eigenvalue weighted by Gasteiger charge is -2.22. The highest BCUT2D eigenvalue weighted by Crippen LogP contribution is 2.11. The molecule has 0 aromatic carbocycles. The van der Waals surface area contributed by atoms with Crippen LogP contribution in [0.3, 0.4) is 0 Å². The smallest absolute Gasteiger partial charge is 0.0271 e. The molecule has 1 aliphatic rings. The number of rotatable bonds is 6. The Morgan fingerprint density at radius 1 is 1.41 bits per heavy atom. The van der Waals surface area contributed by atoms with E-state index < -0.39 is 0 Å². The highest BCUT2D eigenvalue weighted by Gasteiger charge is 2.14. The van der Waals surface area contributed by atoms with Crippen molar-refractivity contribution < 1.29 is 0 Å². The summed E-state index contributed by atoms with van der Waals surface area (Å²) in [5.74, 6) is 0. The molecule has 0 amide bonds. The zero-order valence-electron chi connectivity index (χ0n) is 10.7. The Balaban J connectivity index is 1.76. The normalized spacial score (nSPS) is 20.0. The molecule has 2 rings (SSSR count). The van der Waals surface area contributed by atoms with Gasteiger partial charge in [-0.25, -0.2) is 0 Å². The Hall–Kier alpha value is -0.930. The van der Waals surface area contributed by atoms with Crippen LogP contribution < -0.4 is 5.32 Å². The van der Waals surface area contributed by atoms with Gasteiger partial charge in [0.05, 0.1) is 0 Å². The van der Waals surface area contributed by atoms with E-state index >= 15 is 0 Å². The molecule has 1 N–H and O–H groups in total. The quantitative estimate of drug-likeness (QED) is 0.815. The van der Waals surface area contributed by atoms with E-state index in [1.54, 1.807) is 0 Å². The molecule has 3 heteroatoms. The Morgan fingerprint density at radius 3 is 2.88 bits per heavy atom. The standard InChI is InChI=1S/C14H23N3/c1-2-17(11-7-14-4-3-8-16-14)12-13-5-9-15-10-6-13/h5-6,9-10,14,16H,2-4,7-8,11-12H2,1H3. The van der Waals surface area contributed by atoms with Crippen LogP contribution in [0.15, 0.2) is 24.5 Å². The van der Waals surface area contributed by atoms with Gasteiger partial charge in [0.25, 0.3) is 0 Å². The molecule has 3 nitrogen and oxygen atoms in total. The van der Waals surface area contributed by atoms with Crippen molar-refractivity contribution in [2.45, 2.75) is 38.8 Å². The second-order valence-corrected chi connectivity index (χ2v) is 4.81. The van der Waals surface area contributed by atoms with Gasteiger partial charge >= 0.3 is 0 Å². The van der Waals surface area contributed by atoms with Crippen molar-refractivity contribution in [3.05, 3.63) is 30.1 Å². The molecule has 0 spiro atoms. The van der Waals surface area contributed by atoms with E-state index in [2.05, 4.69) is 34.3 Å². The van der Waals surface area contributed by atoms with Crippen LogP contribution >= 0.6 is 0 Å². The summed E-state index contributed by atoms with van der Waals surface area (Å²) in [5, 5.41) is 3.56. The molecular formula is C14H23N3. The fourth-order valence-electron chi connectivity index (χ4n) is 2.44. The maximum Gasteiger partial charge on any atom is 0.0271 e. The minimum absolute atomic E-state index is 0.751. The topological polar surface area (TPSA) is 28.2 Å². The molecule has 0 aliphatic carbocycles. The van der Waals surface area contributed by atoms with Gasteiger partial charge in [0, 0.05) is 25.0 Å². The first kappa shape index (κ1) is 12.5. The van der Waals surface area contributed by atoms with E-state index in [-0.39, 0.29) is 0 Å². The number of aromatic nitrogens is 1. The molecule has 1 aromatic rings. The van der Waals surface area contributed by atoms with Gasteiger partial charge in [-0.05, 0) is 56.6 Å². The van der Waals surface area contributed by atoms with Gasteiger partial charge in [0.2, 0.25) is 0 Å². The Kier molecular flexibility index (Phi) is 4.95. The minimum Gasteiger partial charge on any atom is -0.314 e. The zero-order valence-corrected chi connectivity index (χ0v) is 10.7. The Labute approximate surface area is 104 Å². The van der Waals surface area contributed by atoms with Crippen molar-refractivity contribution >= 4 is 0 Å². The van der Waals surface area contributed by atoms with Gasteiger partial charge < -0.3 is 5.32 Å². The van der Waals surface area contributed by atoms with Crippen LogP contribution in [-0.4, -0.2) is 35.6 Å². The molecule has 1 atom stereocenters. The Bertz CT molecular complexity index is 307. The van der Waals surface area contributed by atoms with Crippen LogP contribution in [0.5, 0.6) is 0 Å². The predicted molar refractivity (Wildman–Crippen MR) is 70.8 cm³/mol. The average molecular weight is 233 g/mol. The first-order valence-corrected chi connectivity index (χ1v) is 6.73. The van der Waals surface area contributed by atoms with Crippen LogP contribution in [0.1, 0.15) is 31.7 Å². The van der Waals surface area contributed by atoms with Gasteiger partial charge in [0.1, 0.15) is 0 Å².